The van der Waals surface area contributed by atoms with Crippen molar-refractivity contribution in [3.05, 3.63) is 18.8 Å². The van der Waals surface area contributed by atoms with E-state index < -0.39 is 6.36 Å². The Hall–Kier alpha value is 0.0700. The fourth-order valence-electron chi connectivity index (χ4n) is 0.922. The van der Waals surface area contributed by atoms with Crippen LogP contribution >= 0.6 is 45.2 Å². The van der Waals surface area contributed by atoms with Crippen LogP contribution in [0.4, 0.5) is 13.2 Å². The first kappa shape index (κ1) is 13.1. The molecule has 0 bridgehead atoms. The lowest BCUT2D eigenvalue weighted by Gasteiger charge is -2.13. The molecule has 0 amide bonds. The summed E-state index contributed by atoms with van der Waals surface area (Å²) in [5.41, 5.74) is 0.535. The van der Waals surface area contributed by atoms with Crippen molar-refractivity contribution in [1.82, 2.24) is 0 Å². The van der Waals surface area contributed by atoms with Crippen LogP contribution in [0.5, 0.6) is 11.5 Å². The highest BCUT2D eigenvalue weighted by molar-refractivity contribution is 14.1. The van der Waals surface area contributed by atoms with Crippen molar-refractivity contribution >= 4 is 45.2 Å². The van der Waals surface area contributed by atoms with Gasteiger partial charge in [0.1, 0.15) is 11.5 Å². The maximum Gasteiger partial charge on any atom is 0.573 e. The van der Waals surface area contributed by atoms with Crippen LogP contribution in [0.1, 0.15) is 5.56 Å². The summed E-state index contributed by atoms with van der Waals surface area (Å²) >= 11 is 3.46. The molecule has 0 unspecified atom stereocenters. The molecule has 0 aliphatic rings. The van der Waals surface area contributed by atoms with E-state index in [0.29, 0.717) is 9.13 Å². The lowest BCUT2D eigenvalue weighted by atomic mass is 10.2. The number of phenols is 1. The van der Waals surface area contributed by atoms with Crippen LogP contribution in [0, 0.1) is 14.1 Å². The molecule has 1 aromatic carbocycles. The second kappa shape index (κ2) is 4.52. The van der Waals surface area contributed by atoms with Crippen LogP contribution in [0.3, 0.4) is 0 Å². The molecule has 0 saturated heterocycles. The largest absolute Gasteiger partial charge is 0.573 e. The number of hydrogen-bond donors (Lipinski definition) is 1. The third-order valence-corrected chi connectivity index (χ3v) is 3.96. The van der Waals surface area contributed by atoms with Crippen molar-refractivity contribution in [2.75, 3.05) is 0 Å². The molecule has 1 rings (SSSR count). The number of alkyl halides is 3. The third-order valence-electron chi connectivity index (χ3n) is 1.55. The minimum Gasteiger partial charge on any atom is -0.506 e. The summed E-state index contributed by atoms with van der Waals surface area (Å²) < 4.78 is 40.3. The number of rotatable bonds is 1. The molecule has 84 valence electrons. The number of halogens is 5. The Morgan fingerprint density at radius 3 is 2.27 bits per heavy atom. The predicted molar refractivity (Wildman–Crippen MR) is 65.0 cm³/mol. The highest BCUT2D eigenvalue weighted by Gasteiger charge is 2.32. The van der Waals surface area contributed by atoms with E-state index in [1.165, 1.54) is 6.07 Å². The third kappa shape index (κ3) is 3.26. The maximum absolute atomic E-state index is 12.0. The number of hydrogen-bond acceptors (Lipinski definition) is 2. The lowest BCUT2D eigenvalue weighted by Crippen LogP contribution is -2.18. The van der Waals surface area contributed by atoms with Gasteiger partial charge in [-0.2, -0.15) is 0 Å². The van der Waals surface area contributed by atoms with E-state index in [1.54, 1.807) is 29.5 Å². The van der Waals surface area contributed by atoms with Gasteiger partial charge in [0, 0.05) is 0 Å². The molecule has 0 radical (unpaired) electrons. The Kier molecular flexibility index (Phi) is 3.95. The summed E-state index contributed by atoms with van der Waals surface area (Å²) in [6.07, 6.45) is -4.74. The van der Waals surface area contributed by atoms with Gasteiger partial charge in [0.05, 0.1) is 7.14 Å². The van der Waals surface area contributed by atoms with Gasteiger partial charge in [-0.25, -0.2) is 0 Å². The second-order valence-corrected chi connectivity index (χ2v) is 4.87. The molecule has 0 aromatic heterocycles. The van der Waals surface area contributed by atoms with Crippen LogP contribution in [-0.2, 0) is 0 Å². The predicted octanol–water partition coefficient (Wildman–Crippen LogP) is 3.81. The molecule has 2 nitrogen and oxygen atoms in total. The molecule has 7 heteroatoms. The Bertz CT molecular complexity index is 390. The summed E-state index contributed by atoms with van der Waals surface area (Å²) in [6.45, 7) is 1.60. The van der Waals surface area contributed by atoms with Crippen molar-refractivity contribution in [3.63, 3.8) is 0 Å². The normalized spacial score (nSPS) is 11.6. The van der Waals surface area contributed by atoms with Gasteiger partial charge >= 0.3 is 6.36 Å². The zero-order valence-electron chi connectivity index (χ0n) is 7.32. The fraction of sp³-hybridized carbons (Fsp3) is 0.250. The molecular formula is C8H5F3I2O2. The minimum atomic E-state index is -4.74. The maximum atomic E-state index is 12.0. The minimum absolute atomic E-state index is 0.0555. The van der Waals surface area contributed by atoms with Crippen molar-refractivity contribution in [2.24, 2.45) is 0 Å². The number of aryl methyl sites for hydroxylation is 1. The van der Waals surface area contributed by atoms with E-state index in [0.717, 1.165) is 0 Å². The van der Waals surface area contributed by atoms with E-state index in [2.05, 4.69) is 4.74 Å². The molecule has 0 atom stereocenters. The van der Waals surface area contributed by atoms with Crippen LogP contribution in [0.25, 0.3) is 0 Å². The SMILES string of the molecule is Cc1cc(OC(F)(F)F)c(I)c(O)c1I. The molecule has 1 N–H and O–H groups in total. The molecule has 0 spiro atoms. The van der Waals surface area contributed by atoms with E-state index in [-0.39, 0.29) is 15.1 Å². The van der Waals surface area contributed by atoms with Crippen LogP contribution in [0.15, 0.2) is 6.07 Å². The standard InChI is InChI=1S/C8H5F3I2O2/c1-3-2-4(15-8(9,10)11)6(13)7(14)5(3)12/h2,14H,1H3. The van der Waals surface area contributed by atoms with E-state index in [9.17, 15) is 18.3 Å². The monoisotopic (exact) mass is 444 g/mol. The number of ether oxygens (including phenoxy) is 1. The zero-order chi connectivity index (χ0) is 11.8. The van der Waals surface area contributed by atoms with Crippen LogP contribution in [-0.4, -0.2) is 11.5 Å². The molecule has 0 saturated carbocycles. The van der Waals surface area contributed by atoms with Crippen LogP contribution < -0.4 is 4.74 Å². The van der Waals surface area contributed by atoms with Gasteiger partial charge in [0.2, 0.25) is 0 Å². The van der Waals surface area contributed by atoms with Gasteiger partial charge in [-0.15, -0.1) is 13.2 Å². The highest BCUT2D eigenvalue weighted by atomic mass is 127. The average Bonchev–Trinajstić information content (AvgIpc) is 2.08. The van der Waals surface area contributed by atoms with Crippen LogP contribution in [0.2, 0.25) is 0 Å². The Morgan fingerprint density at radius 1 is 1.27 bits per heavy atom. The summed E-state index contributed by atoms with van der Waals surface area (Å²) in [5, 5.41) is 9.50. The molecule has 0 aliphatic carbocycles. The molecular weight excluding hydrogens is 439 g/mol. The van der Waals surface area contributed by atoms with Gasteiger partial charge in [-0.1, -0.05) is 0 Å². The van der Waals surface area contributed by atoms with Gasteiger partial charge in [0.15, 0.2) is 0 Å². The van der Waals surface area contributed by atoms with Crippen molar-refractivity contribution in [1.29, 1.82) is 0 Å². The molecule has 15 heavy (non-hydrogen) atoms. The summed E-state index contributed by atoms with van der Waals surface area (Å²) in [5.74, 6) is -0.561. The topological polar surface area (TPSA) is 29.5 Å². The van der Waals surface area contributed by atoms with Crippen molar-refractivity contribution < 1.29 is 23.0 Å². The Labute approximate surface area is 111 Å². The Balaban J connectivity index is 3.21. The molecule has 0 heterocycles. The van der Waals surface area contributed by atoms with Gasteiger partial charge in [0.25, 0.3) is 0 Å². The van der Waals surface area contributed by atoms with E-state index >= 15 is 0 Å². The first-order valence-electron chi connectivity index (χ1n) is 3.65. The van der Waals surface area contributed by atoms with E-state index in [4.69, 9.17) is 0 Å². The zero-order valence-corrected chi connectivity index (χ0v) is 11.6. The lowest BCUT2D eigenvalue weighted by molar-refractivity contribution is -0.275. The van der Waals surface area contributed by atoms with Gasteiger partial charge in [-0.3, -0.25) is 0 Å². The first-order chi connectivity index (χ1) is 6.72. The fourth-order valence-corrected chi connectivity index (χ4v) is 2.40. The summed E-state index contributed by atoms with van der Waals surface area (Å²) in [4.78, 5) is 0. The Morgan fingerprint density at radius 2 is 1.80 bits per heavy atom. The summed E-state index contributed by atoms with van der Waals surface area (Å²) in [7, 11) is 0. The van der Waals surface area contributed by atoms with Crippen molar-refractivity contribution in [3.8, 4) is 11.5 Å². The number of benzene rings is 1. The molecule has 1 aromatic rings. The van der Waals surface area contributed by atoms with Crippen molar-refractivity contribution in [2.45, 2.75) is 13.3 Å². The second-order valence-electron chi connectivity index (χ2n) is 2.72. The first-order valence-corrected chi connectivity index (χ1v) is 5.81. The highest BCUT2D eigenvalue weighted by Crippen LogP contribution is 2.38. The number of phenolic OH excluding ortho intramolecular Hbond substituents is 1. The molecule has 0 aliphatic heterocycles. The van der Waals surface area contributed by atoms with E-state index in [1.807, 2.05) is 22.6 Å². The smallest absolute Gasteiger partial charge is 0.506 e. The summed E-state index contributed by atoms with van der Waals surface area (Å²) in [6, 6.07) is 1.25. The van der Waals surface area contributed by atoms with Gasteiger partial charge in [-0.05, 0) is 63.7 Å². The molecule has 0 fully saturated rings. The average molecular weight is 444 g/mol. The number of aromatic hydroxyl groups is 1. The van der Waals surface area contributed by atoms with Gasteiger partial charge < -0.3 is 9.84 Å². The quantitative estimate of drug-likeness (QED) is 0.669.